The number of benzene rings is 2. The second kappa shape index (κ2) is 8.95. The quantitative estimate of drug-likeness (QED) is 0.755. The van der Waals surface area contributed by atoms with Crippen LogP contribution in [0.25, 0.3) is 0 Å². The van der Waals surface area contributed by atoms with Crippen LogP contribution in [0.2, 0.25) is 0 Å². The van der Waals surface area contributed by atoms with Crippen LogP contribution in [0.1, 0.15) is 42.0 Å². The molecule has 2 aromatic carbocycles. The second-order valence-corrected chi connectivity index (χ2v) is 6.67. The van der Waals surface area contributed by atoms with E-state index in [4.69, 9.17) is 4.74 Å². The predicted molar refractivity (Wildman–Crippen MR) is 97.9 cm³/mol. The fourth-order valence-electron chi connectivity index (χ4n) is 3.02. The zero-order valence-electron chi connectivity index (χ0n) is 15.1. The molecule has 0 heterocycles. The molecule has 0 saturated carbocycles. The van der Waals surface area contributed by atoms with Crippen molar-refractivity contribution in [1.29, 1.82) is 0 Å². The number of hydrogen-bond acceptors (Lipinski definition) is 2. The number of hydrogen-bond donors (Lipinski definition) is 1. The molecule has 0 amide bonds. The molecule has 1 unspecified atom stereocenters. The van der Waals surface area contributed by atoms with Crippen LogP contribution in [0, 0.1) is 19.7 Å². The zero-order chi connectivity index (χ0) is 17.5. The van der Waals surface area contributed by atoms with Gasteiger partial charge in [-0.25, -0.2) is 4.39 Å². The van der Waals surface area contributed by atoms with Crippen molar-refractivity contribution in [1.82, 2.24) is 5.32 Å². The average molecular weight is 329 g/mol. The smallest absolute Gasteiger partial charge is 0.128 e. The van der Waals surface area contributed by atoms with Crippen molar-refractivity contribution >= 4 is 0 Å². The van der Waals surface area contributed by atoms with Gasteiger partial charge < -0.3 is 10.1 Å². The molecule has 0 spiro atoms. The highest BCUT2D eigenvalue weighted by atomic mass is 19.1. The molecule has 24 heavy (non-hydrogen) atoms. The predicted octanol–water partition coefficient (Wildman–Crippen LogP) is 4.74. The van der Waals surface area contributed by atoms with Crippen molar-refractivity contribution in [3.8, 4) is 0 Å². The molecule has 0 aromatic heterocycles. The molecule has 0 aliphatic carbocycles. The summed E-state index contributed by atoms with van der Waals surface area (Å²) in [5, 5.41) is 3.50. The second-order valence-electron chi connectivity index (χ2n) is 6.67. The maximum atomic E-state index is 13.7. The summed E-state index contributed by atoms with van der Waals surface area (Å²) in [7, 11) is 0. The Morgan fingerprint density at radius 1 is 1.00 bits per heavy atom. The molecular weight excluding hydrogens is 301 g/mol. The summed E-state index contributed by atoms with van der Waals surface area (Å²) in [6.45, 7) is 10.3. The first-order valence-corrected chi connectivity index (χ1v) is 8.59. The van der Waals surface area contributed by atoms with E-state index in [1.165, 1.54) is 22.8 Å². The van der Waals surface area contributed by atoms with Crippen molar-refractivity contribution < 1.29 is 9.13 Å². The van der Waals surface area contributed by atoms with Crippen LogP contribution in [0.4, 0.5) is 4.39 Å². The fraction of sp³-hybridized carbons (Fsp3) is 0.429. The van der Waals surface area contributed by atoms with E-state index < -0.39 is 0 Å². The first-order valence-electron chi connectivity index (χ1n) is 8.59. The van der Waals surface area contributed by atoms with Gasteiger partial charge in [-0.15, -0.1) is 0 Å². The molecule has 2 nitrogen and oxygen atoms in total. The van der Waals surface area contributed by atoms with E-state index in [1.807, 2.05) is 6.07 Å². The molecule has 0 aliphatic heterocycles. The molecule has 3 heteroatoms. The van der Waals surface area contributed by atoms with Gasteiger partial charge >= 0.3 is 0 Å². The molecule has 0 saturated heterocycles. The van der Waals surface area contributed by atoms with Crippen molar-refractivity contribution in [2.75, 3.05) is 13.2 Å². The Hall–Kier alpha value is -1.71. The van der Waals surface area contributed by atoms with E-state index in [0.29, 0.717) is 24.8 Å². The minimum atomic E-state index is -0.207. The van der Waals surface area contributed by atoms with Crippen molar-refractivity contribution in [3.05, 3.63) is 70.5 Å². The number of halogens is 1. The van der Waals surface area contributed by atoms with Crippen molar-refractivity contribution in [2.24, 2.45) is 0 Å². The summed E-state index contributed by atoms with van der Waals surface area (Å²) >= 11 is 0. The zero-order valence-corrected chi connectivity index (χ0v) is 15.1. The lowest BCUT2D eigenvalue weighted by Gasteiger charge is -2.23. The molecular formula is C21H28FNO. The summed E-state index contributed by atoms with van der Waals surface area (Å²) in [4.78, 5) is 0. The van der Waals surface area contributed by atoms with Crippen LogP contribution >= 0.6 is 0 Å². The highest BCUT2D eigenvalue weighted by Crippen LogP contribution is 2.24. The van der Waals surface area contributed by atoms with Gasteiger partial charge in [0.05, 0.1) is 13.2 Å². The average Bonchev–Trinajstić information content (AvgIpc) is 2.53. The largest absolute Gasteiger partial charge is 0.376 e. The molecule has 0 aliphatic rings. The molecule has 0 radical (unpaired) electrons. The topological polar surface area (TPSA) is 21.3 Å². The lowest BCUT2D eigenvalue weighted by atomic mass is 9.91. The molecule has 130 valence electrons. The van der Waals surface area contributed by atoms with Gasteiger partial charge in [-0.05, 0) is 36.6 Å². The van der Waals surface area contributed by atoms with Gasteiger partial charge in [0.15, 0.2) is 0 Å². The van der Waals surface area contributed by atoms with Gasteiger partial charge in [0.1, 0.15) is 5.82 Å². The first kappa shape index (κ1) is 18.6. The molecule has 0 fully saturated rings. The van der Waals surface area contributed by atoms with Crippen LogP contribution in [0.3, 0.4) is 0 Å². The summed E-state index contributed by atoms with van der Waals surface area (Å²) in [5.74, 6) is 0.0433. The van der Waals surface area contributed by atoms with E-state index >= 15 is 0 Å². The molecule has 2 rings (SSSR count). The summed E-state index contributed by atoms with van der Waals surface area (Å²) in [6, 6.07) is 13.6. The van der Waals surface area contributed by atoms with E-state index in [0.717, 1.165) is 6.54 Å². The van der Waals surface area contributed by atoms with E-state index in [9.17, 15) is 4.39 Å². The Kier molecular flexibility index (Phi) is 6.95. The van der Waals surface area contributed by atoms with E-state index in [-0.39, 0.29) is 11.7 Å². The summed E-state index contributed by atoms with van der Waals surface area (Å²) in [5.41, 5.74) is 4.49. The van der Waals surface area contributed by atoms with Crippen LogP contribution < -0.4 is 5.32 Å². The molecule has 0 bridgehead atoms. The standard InChI is InChI=1S/C21H28FNO/c1-15(2)23-12-19(21-16(3)8-7-9-17(21)4)14-24-13-18-10-5-6-11-20(18)22/h5-11,15,19,23H,12-14H2,1-4H3. The van der Waals surface area contributed by atoms with Gasteiger partial charge in [-0.2, -0.15) is 0 Å². The minimum absolute atomic E-state index is 0.207. The third kappa shape index (κ3) is 5.15. The highest BCUT2D eigenvalue weighted by Gasteiger charge is 2.17. The first-order chi connectivity index (χ1) is 11.5. The fourth-order valence-corrected chi connectivity index (χ4v) is 3.02. The molecule has 1 N–H and O–H groups in total. The normalized spacial score (nSPS) is 12.6. The van der Waals surface area contributed by atoms with Crippen LogP contribution in [-0.2, 0) is 11.3 Å². The lowest BCUT2D eigenvalue weighted by molar-refractivity contribution is 0.103. The van der Waals surface area contributed by atoms with Gasteiger partial charge in [0.2, 0.25) is 0 Å². The SMILES string of the molecule is Cc1cccc(C)c1C(CNC(C)C)COCc1ccccc1F. The number of aryl methyl sites for hydroxylation is 2. The minimum Gasteiger partial charge on any atom is -0.376 e. The Bertz CT molecular complexity index is 634. The third-order valence-corrected chi connectivity index (χ3v) is 4.26. The maximum Gasteiger partial charge on any atom is 0.128 e. The van der Waals surface area contributed by atoms with Crippen LogP contribution in [-0.4, -0.2) is 19.2 Å². The molecule has 1 atom stereocenters. The Morgan fingerprint density at radius 2 is 1.67 bits per heavy atom. The van der Waals surface area contributed by atoms with Gasteiger partial charge in [-0.1, -0.05) is 50.2 Å². The van der Waals surface area contributed by atoms with Gasteiger partial charge in [0.25, 0.3) is 0 Å². The van der Waals surface area contributed by atoms with E-state index in [2.05, 4.69) is 51.2 Å². The third-order valence-electron chi connectivity index (χ3n) is 4.26. The Morgan fingerprint density at radius 3 is 2.29 bits per heavy atom. The summed E-state index contributed by atoms with van der Waals surface area (Å²) < 4.78 is 19.6. The van der Waals surface area contributed by atoms with Crippen LogP contribution in [0.15, 0.2) is 42.5 Å². The Labute approximate surface area is 145 Å². The number of rotatable bonds is 8. The number of nitrogens with one attached hydrogen (secondary N) is 1. The Balaban J connectivity index is 2.08. The monoisotopic (exact) mass is 329 g/mol. The highest BCUT2D eigenvalue weighted by molar-refractivity contribution is 5.37. The van der Waals surface area contributed by atoms with Crippen molar-refractivity contribution in [3.63, 3.8) is 0 Å². The number of ether oxygens (including phenoxy) is 1. The maximum absolute atomic E-state index is 13.7. The molecule has 2 aromatic rings. The summed E-state index contributed by atoms with van der Waals surface area (Å²) in [6.07, 6.45) is 0. The van der Waals surface area contributed by atoms with Gasteiger partial charge in [-0.3, -0.25) is 0 Å². The lowest BCUT2D eigenvalue weighted by Crippen LogP contribution is -2.30. The van der Waals surface area contributed by atoms with E-state index in [1.54, 1.807) is 12.1 Å². The van der Waals surface area contributed by atoms with Crippen LogP contribution in [0.5, 0.6) is 0 Å². The van der Waals surface area contributed by atoms with Crippen molar-refractivity contribution in [2.45, 2.75) is 46.3 Å². The van der Waals surface area contributed by atoms with Gasteiger partial charge in [0, 0.05) is 24.1 Å².